The maximum atomic E-state index is 12.4. The highest BCUT2D eigenvalue weighted by molar-refractivity contribution is 7.90. The molecule has 2 aromatic rings. The van der Waals surface area contributed by atoms with Crippen LogP contribution in [0.15, 0.2) is 59.5 Å². The number of para-hydroxylation sites is 1. The van der Waals surface area contributed by atoms with Gasteiger partial charge in [0.2, 0.25) is 0 Å². The van der Waals surface area contributed by atoms with E-state index in [0.717, 1.165) is 31.5 Å². The van der Waals surface area contributed by atoms with Crippen LogP contribution in [-0.4, -0.2) is 39.7 Å². The van der Waals surface area contributed by atoms with Gasteiger partial charge < -0.3 is 10.2 Å². The molecule has 3 rings (SSSR count). The van der Waals surface area contributed by atoms with Gasteiger partial charge in [-0.05, 0) is 36.8 Å². The van der Waals surface area contributed by atoms with Gasteiger partial charge in [0.15, 0.2) is 9.84 Å². The third-order valence-corrected chi connectivity index (χ3v) is 5.28. The van der Waals surface area contributed by atoms with Crippen molar-refractivity contribution in [3.8, 4) is 0 Å². The monoisotopic (exact) mass is 344 g/mol. The van der Waals surface area contributed by atoms with Crippen LogP contribution in [0.5, 0.6) is 0 Å². The topological polar surface area (TPSA) is 66.5 Å². The Kier molecular flexibility index (Phi) is 4.57. The van der Waals surface area contributed by atoms with E-state index in [2.05, 4.69) is 22.3 Å². The van der Waals surface area contributed by atoms with Crippen molar-refractivity contribution in [2.24, 2.45) is 0 Å². The zero-order valence-corrected chi connectivity index (χ0v) is 14.3. The Morgan fingerprint density at radius 3 is 2.58 bits per heavy atom. The van der Waals surface area contributed by atoms with Crippen molar-refractivity contribution in [2.45, 2.75) is 17.4 Å². The van der Waals surface area contributed by atoms with E-state index in [1.807, 2.05) is 18.2 Å². The molecule has 0 aliphatic carbocycles. The van der Waals surface area contributed by atoms with E-state index in [-0.39, 0.29) is 16.8 Å². The van der Waals surface area contributed by atoms with Crippen molar-refractivity contribution in [3.05, 3.63) is 60.2 Å². The van der Waals surface area contributed by atoms with Gasteiger partial charge in [0.1, 0.15) is 0 Å². The van der Waals surface area contributed by atoms with Crippen molar-refractivity contribution in [3.63, 3.8) is 0 Å². The fraction of sp³-hybridized carbons (Fsp3) is 0.278. The standard InChI is InChI=1S/C18H20N2O3S/c1-24(22,23)17-9-5-6-14(12-17)18(21)19-15-10-11-20(13-15)16-7-3-2-4-8-16/h2-9,12,15H,10-11,13H2,1H3,(H,19,21)/t15-/m0/s1. The zero-order chi connectivity index (χ0) is 17.2. The van der Waals surface area contributed by atoms with E-state index in [1.54, 1.807) is 12.1 Å². The van der Waals surface area contributed by atoms with Crippen LogP contribution in [-0.2, 0) is 9.84 Å². The number of nitrogens with zero attached hydrogens (tertiary/aromatic N) is 1. The minimum absolute atomic E-state index is 0.0552. The molecule has 5 nitrogen and oxygen atoms in total. The molecule has 2 aromatic carbocycles. The molecule has 6 heteroatoms. The van der Waals surface area contributed by atoms with Gasteiger partial charge in [-0.1, -0.05) is 24.3 Å². The fourth-order valence-corrected chi connectivity index (χ4v) is 3.55. The summed E-state index contributed by atoms with van der Waals surface area (Å²) in [6.07, 6.45) is 2.01. The smallest absolute Gasteiger partial charge is 0.251 e. The zero-order valence-electron chi connectivity index (χ0n) is 13.5. The first-order valence-electron chi connectivity index (χ1n) is 7.84. The molecule has 1 fully saturated rings. The van der Waals surface area contributed by atoms with Gasteiger partial charge in [-0.15, -0.1) is 0 Å². The maximum absolute atomic E-state index is 12.4. The molecule has 0 saturated carbocycles. The Morgan fingerprint density at radius 1 is 1.12 bits per heavy atom. The van der Waals surface area contributed by atoms with E-state index < -0.39 is 9.84 Å². The second-order valence-electron chi connectivity index (χ2n) is 6.04. The van der Waals surface area contributed by atoms with Crippen LogP contribution in [0.3, 0.4) is 0 Å². The minimum atomic E-state index is -3.32. The average molecular weight is 344 g/mol. The van der Waals surface area contributed by atoms with Crippen LogP contribution in [0.2, 0.25) is 0 Å². The highest BCUT2D eigenvalue weighted by Gasteiger charge is 2.24. The second-order valence-corrected chi connectivity index (χ2v) is 8.06. The van der Waals surface area contributed by atoms with Crippen LogP contribution in [0.25, 0.3) is 0 Å². The van der Waals surface area contributed by atoms with E-state index in [0.29, 0.717) is 5.56 Å². The molecule has 0 spiro atoms. The number of carbonyl (C=O) groups is 1. The van der Waals surface area contributed by atoms with Crippen molar-refractivity contribution in [2.75, 3.05) is 24.2 Å². The molecule has 1 N–H and O–H groups in total. The van der Waals surface area contributed by atoms with Crippen molar-refractivity contribution < 1.29 is 13.2 Å². The molecule has 24 heavy (non-hydrogen) atoms. The summed E-state index contributed by atoms with van der Waals surface area (Å²) in [5, 5.41) is 3.00. The molecule has 1 saturated heterocycles. The molecule has 0 unspecified atom stereocenters. The summed E-state index contributed by atoms with van der Waals surface area (Å²) < 4.78 is 23.2. The van der Waals surface area contributed by atoms with Crippen LogP contribution in [0.1, 0.15) is 16.8 Å². The summed E-state index contributed by atoms with van der Waals surface area (Å²) in [5.74, 6) is -0.236. The summed E-state index contributed by atoms with van der Waals surface area (Å²) in [4.78, 5) is 14.8. The van der Waals surface area contributed by atoms with Crippen molar-refractivity contribution in [1.29, 1.82) is 0 Å². The molecule has 1 amide bonds. The highest BCUT2D eigenvalue weighted by Crippen LogP contribution is 2.20. The number of benzene rings is 2. The number of nitrogens with one attached hydrogen (secondary N) is 1. The van der Waals surface area contributed by atoms with Gasteiger partial charge in [-0.25, -0.2) is 8.42 Å². The maximum Gasteiger partial charge on any atom is 0.251 e. The van der Waals surface area contributed by atoms with Crippen molar-refractivity contribution in [1.82, 2.24) is 5.32 Å². The van der Waals surface area contributed by atoms with Crippen LogP contribution in [0, 0.1) is 0 Å². The van der Waals surface area contributed by atoms with Gasteiger partial charge >= 0.3 is 0 Å². The molecule has 126 valence electrons. The van der Waals surface area contributed by atoms with E-state index in [9.17, 15) is 13.2 Å². The Labute approximate surface area is 142 Å². The summed E-state index contributed by atoms with van der Waals surface area (Å²) in [5.41, 5.74) is 1.52. The first kappa shape index (κ1) is 16.5. The normalized spacial score (nSPS) is 17.7. The lowest BCUT2D eigenvalue weighted by Gasteiger charge is -2.19. The SMILES string of the molecule is CS(=O)(=O)c1cccc(C(=O)N[C@H]2CCN(c3ccccc3)C2)c1. The first-order chi connectivity index (χ1) is 11.4. The molecular weight excluding hydrogens is 324 g/mol. The van der Waals surface area contributed by atoms with E-state index in [1.165, 1.54) is 12.1 Å². The molecule has 1 atom stereocenters. The molecule has 1 aliphatic heterocycles. The lowest BCUT2D eigenvalue weighted by molar-refractivity contribution is 0.0940. The summed E-state index contributed by atoms with van der Waals surface area (Å²) in [7, 11) is -3.32. The van der Waals surface area contributed by atoms with Crippen molar-refractivity contribution >= 4 is 21.4 Å². The van der Waals surface area contributed by atoms with E-state index in [4.69, 9.17) is 0 Å². The Balaban J connectivity index is 1.66. The summed E-state index contributed by atoms with van der Waals surface area (Å²) >= 11 is 0. The molecule has 1 heterocycles. The van der Waals surface area contributed by atoms with Crippen LogP contribution >= 0.6 is 0 Å². The summed E-state index contributed by atoms with van der Waals surface area (Å²) in [6, 6.07) is 16.3. The quantitative estimate of drug-likeness (QED) is 0.922. The molecule has 0 aromatic heterocycles. The van der Waals surface area contributed by atoms with E-state index >= 15 is 0 Å². The number of rotatable bonds is 4. The number of amides is 1. The van der Waals surface area contributed by atoms with Gasteiger partial charge in [-0.3, -0.25) is 4.79 Å². The average Bonchev–Trinajstić information content (AvgIpc) is 3.03. The van der Waals surface area contributed by atoms with Crippen LogP contribution < -0.4 is 10.2 Å². The van der Waals surface area contributed by atoms with Crippen LogP contribution in [0.4, 0.5) is 5.69 Å². The molecule has 0 radical (unpaired) electrons. The fourth-order valence-electron chi connectivity index (χ4n) is 2.89. The number of hydrogen-bond donors (Lipinski definition) is 1. The van der Waals surface area contributed by atoms with Gasteiger partial charge in [-0.2, -0.15) is 0 Å². The molecule has 0 bridgehead atoms. The predicted molar refractivity (Wildman–Crippen MR) is 94.1 cm³/mol. The largest absolute Gasteiger partial charge is 0.369 e. The van der Waals surface area contributed by atoms with Gasteiger partial charge in [0, 0.05) is 36.6 Å². The Bertz CT molecular complexity index is 834. The lowest BCUT2D eigenvalue weighted by atomic mass is 10.2. The third kappa shape index (κ3) is 3.76. The number of sulfone groups is 1. The third-order valence-electron chi connectivity index (χ3n) is 4.17. The number of hydrogen-bond acceptors (Lipinski definition) is 4. The Hall–Kier alpha value is -2.34. The number of carbonyl (C=O) groups excluding carboxylic acids is 1. The van der Waals surface area contributed by atoms with Gasteiger partial charge in [0.25, 0.3) is 5.91 Å². The summed E-state index contributed by atoms with van der Waals surface area (Å²) in [6.45, 7) is 1.64. The first-order valence-corrected chi connectivity index (χ1v) is 9.73. The van der Waals surface area contributed by atoms with Gasteiger partial charge in [0.05, 0.1) is 4.90 Å². The predicted octanol–water partition coefficient (Wildman–Crippen LogP) is 2.10. The second kappa shape index (κ2) is 6.65. The minimum Gasteiger partial charge on any atom is -0.369 e. The molecule has 1 aliphatic rings. The lowest BCUT2D eigenvalue weighted by Crippen LogP contribution is -2.37. The highest BCUT2D eigenvalue weighted by atomic mass is 32.2. The molecular formula is C18H20N2O3S. The number of anilines is 1. The Morgan fingerprint density at radius 2 is 1.88 bits per heavy atom.